The summed E-state index contributed by atoms with van der Waals surface area (Å²) in [5.41, 5.74) is 3.30. The second kappa shape index (κ2) is 12.3. The van der Waals surface area contributed by atoms with Crippen LogP contribution in [0.25, 0.3) is 22.2 Å². The van der Waals surface area contributed by atoms with Gasteiger partial charge in [0.05, 0.1) is 39.3 Å². The number of ketones is 1. The van der Waals surface area contributed by atoms with Crippen molar-refractivity contribution in [3.8, 4) is 11.3 Å². The van der Waals surface area contributed by atoms with Crippen molar-refractivity contribution >= 4 is 79.3 Å². The fraction of sp³-hybridized carbons (Fsp3) is 0.286. The predicted octanol–water partition coefficient (Wildman–Crippen LogP) is 8.63. The third-order valence-electron chi connectivity index (χ3n) is 8.81. The van der Waals surface area contributed by atoms with E-state index in [1.807, 2.05) is 0 Å². The van der Waals surface area contributed by atoms with E-state index in [9.17, 15) is 19.2 Å². The number of pyridine rings is 1. The van der Waals surface area contributed by atoms with Gasteiger partial charge in [0.25, 0.3) is 0 Å². The first-order chi connectivity index (χ1) is 21.4. The molecule has 1 saturated heterocycles. The predicted molar refractivity (Wildman–Crippen MR) is 178 cm³/mol. The molecular weight excluding hydrogens is 679 g/mol. The Labute approximate surface area is 279 Å². The molecule has 2 aliphatic rings. The number of anilines is 1. The van der Waals surface area contributed by atoms with E-state index in [0.717, 1.165) is 19.3 Å². The van der Waals surface area contributed by atoms with Gasteiger partial charge < -0.3 is 4.74 Å². The zero-order valence-corrected chi connectivity index (χ0v) is 27.9. The van der Waals surface area contributed by atoms with Crippen LogP contribution in [0.3, 0.4) is 0 Å². The van der Waals surface area contributed by atoms with Crippen LogP contribution in [-0.2, 0) is 14.3 Å². The van der Waals surface area contributed by atoms with Crippen LogP contribution in [0.2, 0.25) is 10.0 Å². The second-order valence-electron chi connectivity index (χ2n) is 11.9. The van der Waals surface area contributed by atoms with Crippen LogP contribution in [0.1, 0.15) is 59.4 Å². The van der Waals surface area contributed by atoms with E-state index in [2.05, 4.69) is 22.9 Å². The lowest BCUT2D eigenvalue weighted by atomic mass is 9.76. The van der Waals surface area contributed by atoms with Gasteiger partial charge in [-0.2, -0.15) is 0 Å². The normalized spacial score (nSPS) is 20.3. The molecule has 4 atom stereocenters. The minimum absolute atomic E-state index is 0.143. The molecule has 1 aliphatic heterocycles. The van der Waals surface area contributed by atoms with E-state index >= 15 is 0 Å². The van der Waals surface area contributed by atoms with E-state index in [4.69, 9.17) is 32.9 Å². The lowest BCUT2D eigenvalue weighted by Crippen LogP contribution is -2.30. The summed E-state index contributed by atoms with van der Waals surface area (Å²) in [6.45, 7) is 5.44. The number of hydrogen-bond donors (Lipinski definition) is 0. The molecule has 6 rings (SSSR count). The fourth-order valence-electron chi connectivity index (χ4n) is 6.36. The van der Waals surface area contributed by atoms with Crippen LogP contribution in [0.4, 0.5) is 5.69 Å². The van der Waals surface area contributed by atoms with Crippen molar-refractivity contribution in [3.63, 3.8) is 0 Å². The van der Waals surface area contributed by atoms with Crippen molar-refractivity contribution in [1.82, 2.24) is 4.98 Å². The first-order valence-corrected chi connectivity index (χ1v) is 16.3. The number of benzene rings is 3. The molecule has 2 heterocycles. The summed E-state index contributed by atoms with van der Waals surface area (Å²) in [7, 11) is 0. The number of hydrogen-bond acceptors (Lipinski definition) is 6. The van der Waals surface area contributed by atoms with Gasteiger partial charge in [-0.15, -0.1) is 0 Å². The molecule has 45 heavy (non-hydrogen) atoms. The van der Waals surface area contributed by atoms with Gasteiger partial charge in [0.2, 0.25) is 17.6 Å². The van der Waals surface area contributed by atoms with Crippen LogP contribution in [0.15, 0.2) is 65.1 Å². The molecule has 1 aliphatic carbocycles. The summed E-state index contributed by atoms with van der Waals surface area (Å²) in [6, 6.07) is 16.8. The average molecular weight is 708 g/mol. The lowest BCUT2D eigenvalue weighted by molar-refractivity contribution is -0.122. The zero-order valence-electron chi connectivity index (χ0n) is 24.8. The SMILES string of the molecule is Cc1c(Cl)c(Br)cc2c(C(=O)OC(C)C(=O)c3cccc(Cl)c3)cc(-c3ccc(N4C(=O)C5CCC(C)CC5C4=O)cc3)nc12. The van der Waals surface area contributed by atoms with Crippen LogP contribution >= 0.6 is 39.1 Å². The van der Waals surface area contributed by atoms with Gasteiger partial charge in [0.1, 0.15) is 0 Å². The zero-order chi connectivity index (χ0) is 32.2. The molecular formula is C35H29BrCl2N2O5. The van der Waals surface area contributed by atoms with E-state index in [1.165, 1.54) is 17.9 Å². The molecule has 2 fully saturated rings. The maximum atomic E-state index is 13.7. The molecule has 7 nitrogen and oxygen atoms in total. The lowest BCUT2D eigenvalue weighted by Gasteiger charge is -2.25. The van der Waals surface area contributed by atoms with Crippen LogP contribution < -0.4 is 4.90 Å². The number of aryl methyl sites for hydroxylation is 1. The molecule has 10 heteroatoms. The first kappa shape index (κ1) is 31.4. The molecule has 0 N–H and O–H groups in total. The van der Waals surface area contributed by atoms with Crippen LogP contribution in [0.5, 0.6) is 0 Å². The molecule has 230 valence electrons. The number of ether oxygens (including phenoxy) is 1. The molecule has 0 radical (unpaired) electrons. The number of amides is 2. The number of carbonyl (C=O) groups is 4. The maximum Gasteiger partial charge on any atom is 0.339 e. The number of esters is 1. The second-order valence-corrected chi connectivity index (χ2v) is 13.5. The van der Waals surface area contributed by atoms with Gasteiger partial charge >= 0.3 is 5.97 Å². The Hall–Kier alpha value is -3.59. The van der Waals surface area contributed by atoms with Gasteiger partial charge in [0.15, 0.2) is 6.10 Å². The Bertz CT molecular complexity index is 1890. The smallest absolute Gasteiger partial charge is 0.339 e. The quantitative estimate of drug-likeness (QED) is 0.113. The minimum atomic E-state index is -1.08. The largest absolute Gasteiger partial charge is 0.451 e. The Morgan fingerprint density at radius 1 is 1.00 bits per heavy atom. The van der Waals surface area contributed by atoms with Crippen molar-refractivity contribution in [2.75, 3.05) is 4.90 Å². The van der Waals surface area contributed by atoms with E-state index in [0.29, 0.717) is 59.4 Å². The Morgan fingerprint density at radius 3 is 2.42 bits per heavy atom. The highest BCUT2D eigenvalue weighted by Gasteiger charge is 2.50. The number of halogens is 3. The number of nitrogens with zero attached hydrogens (tertiary/aromatic N) is 2. The standard InChI is InChI=1S/C35H29BrCl2N2O5/c1-17-7-12-24-26(13-17)34(43)40(33(24)42)23-10-8-20(9-11-23)29-16-27(25-15-28(36)30(38)18(2)31(25)39-29)35(44)45-19(3)32(41)21-5-4-6-22(37)14-21/h4-6,8-11,14-17,19,24,26H,7,12-13H2,1-3H3. The molecule has 2 amide bonds. The molecule has 4 aromatic rings. The maximum absolute atomic E-state index is 13.7. The first-order valence-electron chi connectivity index (χ1n) is 14.7. The van der Waals surface area contributed by atoms with Crippen molar-refractivity contribution < 1.29 is 23.9 Å². The number of Topliss-reactive ketones (excluding diaryl/α,β-unsaturated/α-hetero) is 1. The average Bonchev–Trinajstić information content (AvgIpc) is 3.27. The fourth-order valence-corrected chi connectivity index (χ4v) is 7.22. The number of aromatic nitrogens is 1. The van der Waals surface area contributed by atoms with Crippen molar-refractivity contribution in [1.29, 1.82) is 0 Å². The highest BCUT2D eigenvalue weighted by atomic mass is 79.9. The van der Waals surface area contributed by atoms with Gasteiger partial charge in [0, 0.05) is 26.0 Å². The molecule has 4 unspecified atom stereocenters. The monoisotopic (exact) mass is 706 g/mol. The third-order valence-corrected chi connectivity index (χ3v) is 10.4. The Balaban J connectivity index is 1.34. The van der Waals surface area contributed by atoms with Gasteiger partial charge in [-0.1, -0.05) is 54.4 Å². The molecule has 0 bridgehead atoms. The van der Waals surface area contributed by atoms with Crippen LogP contribution in [-0.4, -0.2) is 34.7 Å². The highest BCUT2D eigenvalue weighted by molar-refractivity contribution is 9.10. The number of imide groups is 1. The summed E-state index contributed by atoms with van der Waals surface area (Å²) in [4.78, 5) is 59.3. The van der Waals surface area contributed by atoms with E-state index in [-0.39, 0.29) is 35.0 Å². The van der Waals surface area contributed by atoms with Gasteiger partial charge in [-0.05, 0) is 96.9 Å². The molecule has 1 saturated carbocycles. The summed E-state index contributed by atoms with van der Waals surface area (Å²) in [6.07, 6.45) is 1.32. The number of rotatable bonds is 6. The van der Waals surface area contributed by atoms with Crippen molar-refractivity contribution in [3.05, 3.63) is 91.9 Å². The molecule has 0 spiro atoms. The summed E-state index contributed by atoms with van der Waals surface area (Å²) >= 11 is 16.1. The topological polar surface area (TPSA) is 93.6 Å². The van der Waals surface area contributed by atoms with E-state index < -0.39 is 12.1 Å². The van der Waals surface area contributed by atoms with E-state index in [1.54, 1.807) is 61.5 Å². The Kier molecular flexibility index (Phi) is 8.59. The Morgan fingerprint density at radius 2 is 1.71 bits per heavy atom. The van der Waals surface area contributed by atoms with Gasteiger partial charge in [-0.25, -0.2) is 9.78 Å². The number of carbonyl (C=O) groups excluding carboxylic acids is 4. The molecule has 1 aromatic heterocycles. The summed E-state index contributed by atoms with van der Waals surface area (Å²) < 4.78 is 6.26. The summed E-state index contributed by atoms with van der Waals surface area (Å²) in [5, 5.41) is 1.36. The van der Waals surface area contributed by atoms with Crippen molar-refractivity contribution in [2.24, 2.45) is 17.8 Å². The minimum Gasteiger partial charge on any atom is -0.451 e. The summed E-state index contributed by atoms with van der Waals surface area (Å²) in [5.74, 6) is -1.49. The van der Waals surface area contributed by atoms with Crippen LogP contribution in [0, 0.1) is 24.7 Å². The molecule has 3 aromatic carbocycles. The number of fused-ring (bicyclic) bond motifs is 2. The third kappa shape index (κ3) is 5.80. The highest BCUT2D eigenvalue weighted by Crippen LogP contribution is 2.42. The van der Waals surface area contributed by atoms with Gasteiger partial charge in [-0.3, -0.25) is 19.3 Å². The van der Waals surface area contributed by atoms with Crippen molar-refractivity contribution in [2.45, 2.75) is 46.1 Å².